The van der Waals surface area contributed by atoms with Gasteiger partial charge in [-0.15, -0.1) is 11.3 Å². The van der Waals surface area contributed by atoms with Gasteiger partial charge in [-0.1, -0.05) is 11.6 Å². The van der Waals surface area contributed by atoms with Crippen LogP contribution in [-0.4, -0.2) is 4.98 Å². The molecule has 0 amide bonds. The molecule has 0 bridgehead atoms. The topological polar surface area (TPSA) is 12.9 Å². The number of rotatable bonds is 0. The average molecular weight is 169 g/mol. The lowest BCUT2D eigenvalue weighted by Crippen LogP contribution is -1.69. The fraction of sp³-hybridized carbons (Fsp3) is 0. The van der Waals surface area contributed by atoms with Crippen molar-refractivity contribution < 1.29 is 0 Å². The average Bonchev–Trinajstić information content (AvgIpc) is 2.36. The molecule has 3 heteroatoms. The van der Waals surface area contributed by atoms with E-state index >= 15 is 0 Å². The second-order valence-corrected chi connectivity index (χ2v) is 3.13. The third-order valence-corrected chi connectivity index (χ3v) is 2.54. The van der Waals surface area contributed by atoms with E-state index in [2.05, 4.69) is 10.4 Å². The number of halogens is 1. The Labute approximate surface area is 67.3 Å². The maximum absolute atomic E-state index is 5.85. The van der Waals surface area contributed by atoms with Gasteiger partial charge < -0.3 is 0 Å². The zero-order chi connectivity index (χ0) is 6.97. The fourth-order valence-electron chi connectivity index (χ4n) is 0.788. The smallest absolute Gasteiger partial charge is 0.0831 e. The first-order valence-corrected chi connectivity index (χ1v) is 3.97. The second-order valence-electron chi connectivity index (χ2n) is 1.87. The molecule has 0 fully saturated rings. The lowest BCUT2D eigenvalue weighted by Gasteiger charge is -1.88. The third-order valence-electron chi connectivity index (χ3n) is 1.24. The molecule has 0 aliphatic rings. The van der Waals surface area contributed by atoms with Crippen LogP contribution in [0.25, 0.3) is 10.2 Å². The Morgan fingerprint density at radius 3 is 3.30 bits per heavy atom. The Kier molecular flexibility index (Phi) is 1.36. The van der Waals surface area contributed by atoms with Gasteiger partial charge in [0.1, 0.15) is 0 Å². The highest BCUT2D eigenvalue weighted by Crippen LogP contribution is 2.25. The monoisotopic (exact) mass is 168 g/mol. The lowest BCUT2D eigenvalue weighted by atomic mass is 10.4. The molecule has 0 saturated carbocycles. The van der Waals surface area contributed by atoms with Crippen LogP contribution in [-0.2, 0) is 0 Å². The molecule has 2 rings (SSSR count). The van der Waals surface area contributed by atoms with Crippen molar-refractivity contribution in [3.05, 3.63) is 28.7 Å². The van der Waals surface area contributed by atoms with E-state index in [0.717, 1.165) is 15.2 Å². The molecule has 0 aliphatic carbocycles. The van der Waals surface area contributed by atoms with Gasteiger partial charge in [-0.3, -0.25) is 4.98 Å². The van der Waals surface area contributed by atoms with Crippen LogP contribution >= 0.6 is 22.9 Å². The first kappa shape index (κ1) is 6.13. The first-order valence-electron chi connectivity index (χ1n) is 2.78. The minimum absolute atomic E-state index is 0.760. The summed E-state index contributed by atoms with van der Waals surface area (Å²) >= 11 is 7.34. The Morgan fingerprint density at radius 2 is 2.50 bits per heavy atom. The summed E-state index contributed by atoms with van der Waals surface area (Å²) in [6.45, 7) is 0. The summed E-state index contributed by atoms with van der Waals surface area (Å²) < 4.78 is 1.02. The molecule has 0 saturated heterocycles. The number of fused-ring (bicyclic) bond motifs is 1. The van der Waals surface area contributed by atoms with Gasteiger partial charge in [-0.2, -0.15) is 0 Å². The summed E-state index contributed by atoms with van der Waals surface area (Å²) in [4.78, 5) is 4.10. The van der Waals surface area contributed by atoms with Crippen LogP contribution in [0.2, 0.25) is 5.02 Å². The van der Waals surface area contributed by atoms with Crippen molar-refractivity contribution in [2.45, 2.75) is 0 Å². The van der Waals surface area contributed by atoms with Crippen LogP contribution in [0.3, 0.4) is 0 Å². The number of aromatic nitrogens is 1. The van der Waals surface area contributed by atoms with Crippen LogP contribution in [0.1, 0.15) is 0 Å². The lowest BCUT2D eigenvalue weighted by molar-refractivity contribution is 1.43. The standard InChI is InChI=1S/C7H3ClNS/c8-5-1-3-9-6-2-4-10-7(5)6/h1-3H. The number of hydrogen-bond donors (Lipinski definition) is 0. The summed E-state index contributed by atoms with van der Waals surface area (Å²) in [7, 11) is 0. The third kappa shape index (κ3) is 0.805. The first-order chi connectivity index (χ1) is 4.88. The molecular weight excluding hydrogens is 166 g/mol. The molecule has 2 aromatic heterocycles. The van der Waals surface area contributed by atoms with Gasteiger partial charge in [0.2, 0.25) is 0 Å². The summed E-state index contributed by atoms with van der Waals surface area (Å²) in [6, 6.07) is 3.63. The van der Waals surface area contributed by atoms with Crippen molar-refractivity contribution in [3.63, 3.8) is 0 Å². The van der Waals surface area contributed by atoms with Crippen molar-refractivity contribution >= 4 is 33.2 Å². The van der Waals surface area contributed by atoms with E-state index in [0.29, 0.717) is 0 Å². The summed E-state index contributed by atoms with van der Waals surface area (Å²) in [5.41, 5.74) is 0.928. The van der Waals surface area contributed by atoms with Crippen molar-refractivity contribution in [2.24, 2.45) is 0 Å². The quantitative estimate of drug-likeness (QED) is 0.590. The molecule has 1 nitrogen and oxygen atoms in total. The van der Waals surface area contributed by atoms with E-state index in [4.69, 9.17) is 11.6 Å². The SMILES string of the molecule is Clc1ccnc2c[c]sc12. The van der Waals surface area contributed by atoms with E-state index < -0.39 is 0 Å². The van der Waals surface area contributed by atoms with Crippen LogP contribution < -0.4 is 0 Å². The molecule has 49 valence electrons. The van der Waals surface area contributed by atoms with Crippen LogP contribution in [0, 0.1) is 5.38 Å². The van der Waals surface area contributed by atoms with Gasteiger partial charge in [-0.25, -0.2) is 0 Å². The summed E-state index contributed by atoms with van der Waals surface area (Å²) in [6.07, 6.45) is 1.70. The van der Waals surface area contributed by atoms with Crippen molar-refractivity contribution in [2.75, 3.05) is 0 Å². The maximum Gasteiger partial charge on any atom is 0.0831 e. The molecular formula is C7H3ClNS. The summed E-state index contributed by atoms with van der Waals surface area (Å²) in [5, 5.41) is 3.73. The number of thiophene rings is 1. The fourth-order valence-corrected chi connectivity index (χ4v) is 1.73. The van der Waals surface area contributed by atoms with Crippen LogP contribution in [0.4, 0.5) is 0 Å². The largest absolute Gasteiger partial charge is 0.255 e. The van der Waals surface area contributed by atoms with Crippen LogP contribution in [0.5, 0.6) is 0 Å². The Morgan fingerprint density at radius 1 is 1.60 bits per heavy atom. The Hall–Kier alpha value is -0.600. The molecule has 0 aliphatic heterocycles. The second kappa shape index (κ2) is 2.22. The zero-order valence-electron chi connectivity index (χ0n) is 4.97. The zero-order valence-corrected chi connectivity index (χ0v) is 6.54. The minimum Gasteiger partial charge on any atom is -0.255 e. The van der Waals surface area contributed by atoms with Gasteiger partial charge in [-0.05, 0) is 12.1 Å². The number of hydrogen-bond acceptors (Lipinski definition) is 2. The maximum atomic E-state index is 5.85. The van der Waals surface area contributed by atoms with Crippen molar-refractivity contribution in [1.82, 2.24) is 4.98 Å². The molecule has 2 heterocycles. The van der Waals surface area contributed by atoms with E-state index in [9.17, 15) is 0 Å². The minimum atomic E-state index is 0.760. The molecule has 0 spiro atoms. The Balaban J connectivity index is 2.95. The van der Waals surface area contributed by atoms with Crippen molar-refractivity contribution in [3.8, 4) is 0 Å². The van der Waals surface area contributed by atoms with Crippen molar-refractivity contribution in [1.29, 1.82) is 0 Å². The highest BCUT2D eigenvalue weighted by molar-refractivity contribution is 7.17. The summed E-state index contributed by atoms with van der Waals surface area (Å²) in [5.74, 6) is 0. The predicted octanol–water partition coefficient (Wildman–Crippen LogP) is 2.75. The van der Waals surface area contributed by atoms with Gasteiger partial charge in [0, 0.05) is 11.6 Å². The molecule has 10 heavy (non-hydrogen) atoms. The highest BCUT2D eigenvalue weighted by atomic mass is 35.5. The van der Waals surface area contributed by atoms with E-state index in [1.54, 1.807) is 12.3 Å². The molecule has 0 aromatic carbocycles. The molecule has 1 radical (unpaired) electrons. The van der Waals surface area contributed by atoms with Gasteiger partial charge in [0.05, 0.1) is 15.2 Å². The predicted molar refractivity (Wildman–Crippen MR) is 43.5 cm³/mol. The van der Waals surface area contributed by atoms with E-state index in [1.165, 1.54) is 11.3 Å². The number of pyridine rings is 1. The van der Waals surface area contributed by atoms with Crippen LogP contribution in [0.15, 0.2) is 18.3 Å². The van der Waals surface area contributed by atoms with Gasteiger partial charge in [0.25, 0.3) is 0 Å². The molecule has 2 aromatic rings. The number of nitrogens with zero attached hydrogens (tertiary/aromatic N) is 1. The van der Waals surface area contributed by atoms with E-state index in [1.807, 2.05) is 6.07 Å². The molecule has 0 N–H and O–H groups in total. The van der Waals surface area contributed by atoms with Gasteiger partial charge >= 0.3 is 0 Å². The molecule has 0 unspecified atom stereocenters. The molecule has 0 atom stereocenters. The Bertz CT molecular complexity index is 355. The van der Waals surface area contributed by atoms with E-state index in [-0.39, 0.29) is 0 Å². The normalized spacial score (nSPS) is 10.5. The van der Waals surface area contributed by atoms with Gasteiger partial charge in [0.15, 0.2) is 0 Å². The highest BCUT2D eigenvalue weighted by Gasteiger charge is 1.98.